The molecule has 3 rings (SSSR count). The van der Waals surface area contributed by atoms with Crippen LogP contribution in [-0.4, -0.2) is 10.2 Å². The fourth-order valence-corrected chi connectivity index (χ4v) is 3.15. The van der Waals surface area contributed by atoms with Crippen LogP contribution in [0.2, 0.25) is 0 Å². The van der Waals surface area contributed by atoms with Gasteiger partial charge in [-0.1, -0.05) is 66.4 Å². The molecular formula is C19H16O2S. The van der Waals surface area contributed by atoms with Gasteiger partial charge in [-0.05, 0) is 34.5 Å². The summed E-state index contributed by atoms with van der Waals surface area (Å²) in [5, 5.41) is 12.5. The average Bonchev–Trinajstić information content (AvgIpc) is 2.55. The van der Waals surface area contributed by atoms with Gasteiger partial charge in [0.05, 0.1) is 6.10 Å². The molecule has 0 saturated carbocycles. The molecule has 22 heavy (non-hydrogen) atoms. The van der Waals surface area contributed by atoms with Crippen LogP contribution in [-0.2, 0) is 4.79 Å². The average molecular weight is 308 g/mol. The Bertz CT molecular complexity index is 784. The molecule has 0 aliphatic carbocycles. The monoisotopic (exact) mass is 308 g/mol. The molecule has 0 amide bonds. The maximum Gasteiger partial charge on any atom is 0.196 e. The van der Waals surface area contributed by atoms with E-state index in [0.29, 0.717) is 0 Å². The number of hydrogen-bond donors (Lipinski definition) is 1. The normalized spacial score (nSPS) is 12.2. The van der Waals surface area contributed by atoms with Crippen molar-refractivity contribution in [3.8, 4) is 0 Å². The highest BCUT2D eigenvalue weighted by atomic mass is 32.2. The molecule has 0 spiro atoms. The van der Waals surface area contributed by atoms with Crippen molar-refractivity contribution in [3.63, 3.8) is 0 Å². The quantitative estimate of drug-likeness (QED) is 0.717. The van der Waals surface area contributed by atoms with Crippen LogP contribution >= 0.6 is 11.8 Å². The van der Waals surface area contributed by atoms with Gasteiger partial charge in [0.25, 0.3) is 0 Å². The highest BCUT2D eigenvalue weighted by Crippen LogP contribution is 2.27. The lowest BCUT2D eigenvalue weighted by Gasteiger charge is -2.11. The highest BCUT2D eigenvalue weighted by Gasteiger charge is 2.14. The lowest BCUT2D eigenvalue weighted by atomic mass is 10.0. The van der Waals surface area contributed by atoms with E-state index in [1.165, 1.54) is 11.8 Å². The SMILES string of the molecule is O=C(CC(O)c1ccc2ccccc2c1)Sc1ccccc1. The summed E-state index contributed by atoms with van der Waals surface area (Å²) in [6.07, 6.45) is -0.661. The van der Waals surface area contributed by atoms with Gasteiger partial charge in [0.2, 0.25) is 0 Å². The minimum absolute atomic E-state index is 0.0353. The molecule has 0 aliphatic heterocycles. The van der Waals surface area contributed by atoms with E-state index in [-0.39, 0.29) is 11.5 Å². The zero-order valence-corrected chi connectivity index (χ0v) is 12.8. The van der Waals surface area contributed by atoms with E-state index in [9.17, 15) is 9.90 Å². The number of fused-ring (bicyclic) bond motifs is 1. The zero-order valence-electron chi connectivity index (χ0n) is 12.0. The van der Waals surface area contributed by atoms with E-state index in [4.69, 9.17) is 0 Å². The van der Waals surface area contributed by atoms with E-state index in [2.05, 4.69) is 0 Å². The van der Waals surface area contributed by atoms with Crippen LogP contribution in [0.3, 0.4) is 0 Å². The van der Waals surface area contributed by atoms with Gasteiger partial charge in [0, 0.05) is 11.3 Å². The third-order valence-electron chi connectivity index (χ3n) is 3.49. The van der Waals surface area contributed by atoms with Crippen molar-refractivity contribution in [1.29, 1.82) is 0 Å². The molecule has 110 valence electrons. The van der Waals surface area contributed by atoms with E-state index in [1.54, 1.807) is 0 Å². The van der Waals surface area contributed by atoms with Gasteiger partial charge in [-0.25, -0.2) is 0 Å². The van der Waals surface area contributed by atoms with Crippen LogP contribution in [0.25, 0.3) is 10.8 Å². The second kappa shape index (κ2) is 6.77. The van der Waals surface area contributed by atoms with Crippen molar-refractivity contribution in [2.45, 2.75) is 17.4 Å². The highest BCUT2D eigenvalue weighted by molar-refractivity contribution is 8.13. The van der Waals surface area contributed by atoms with Crippen LogP contribution in [0, 0.1) is 0 Å². The summed E-state index contributed by atoms with van der Waals surface area (Å²) < 4.78 is 0. The number of thioether (sulfide) groups is 1. The standard InChI is InChI=1S/C19H16O2S/c20-18(13-19(21)22-17-8-2-1-3-9-17)16-11-10-14-6-4-5-7-15(14)12-16/h1-12,18,20H,13H2. The van der Waals surface area contributed by atoms with Crippen molar-refractivity contribution in [3.05, 3.63) is 78.4 Å². The van der Waals surface area contributed by atoms with Crippen molar-refractivity contribution in [2.24, 2.45) is 0 Å². The molecule has 0 fully saturated rings. The summed E-state index contributed by atoms with van der Waals surface area (Å²) in [6.45, 7) is 0. The largest absolute Gasteiger partial charge is 0.388 e. The fourth-order valence-electron chi connectivity index (χ4n) is 2.35. The summed E-state index contributed by atoms with van der Waals surface area (Å²) >= 11 is 1.17. The first-order valence-corrected chi connectivity index (χ1v) is 7.96. The topological polar surface area (TPSA) is 37.3 Å². The summed E-state index contributed by atoms with van der Waals surface area (Å²) in [7, 11) is 0. The molecule has 0 radical (unpaired) electrons. The number of aliphatic hydroxyl groups excluding tert-OH is 1. The molecule has 0 saturated heterocycles. The second-order valence-electron chi connectivity index (χ2n) is 5.11. The number of benzene rings is 3. The Balaban J connectivity index is 1.70. The van der Waals surface area contributed by atoms with Gasteiger partial charge in [0.15, 0.2) is 5.12 Å². The molecule has 1 unspecified atom stereocenters. The first kappa shape index (κ1) is 14.8. The van der Waals surface area contributed by atoms with Crippen LogP contribution < -0.4 is 0 Å². The second-order valence-corrected chi connectivity index (χ2v) is 6.24. The third kappa shape index (κ3) is 3.56. The van der Waals surface area contributed by atoms with Gasteiger partial charge in [-0.2, -0.15) is 0 Å². The van der Waals surface area contributed by atoms with Gasteiger partial charge < -0.3 is 5.11 Å². The predicted molar refractivity (Wildman–Crippen MR) is 90.8 cm³/mol. The van der Waals surface area contributed by atoms with Gasteiger partial charge >= 0.3 is 0 Å². The van der Waals surface area contributed by atoms with Gasteiger partial charge in [0.1, 0.15) is 0 Å². The zero-order chi connectivity index (χ0) is 15.4. The predicted octanol–water partition coefficient (Wildman–Crippen LogP) is 4.58. The Morgan fingerprint density at radius 3 is 2.36 bits per heavy atom. The van der Waals surface area contributed by atoms with E-state index >= 15 is 0 Å². The molecule has 2 nitrogen and oxygen atoms in total. The molecule has 0 aliphatic rings. The van der Waals surface area contributed by atoms with Crippen LogP contribution in [0.1, 0.15) is 18.1 Å². The van der Waals surface area contributed by atoms with E-state index < -0.39 is 6.10 Å². The molecule has 3 aromatic rings. The Labute approximate surface area is 133 Å². The Kier molecular flexibility index (Phi) is 4.56. The van der Waals surface area contributed by atoms with E-state index in [1.807, 2.05) is 72.8 Å². The number of rotatable bonds is 4. The maximum atomic E-state index is 12.1. The molecular weight excluding hydrogens is 292 g/mol. The van der Waals surface area contributed by atoms with Crippen molar-refractivity contribution < 1.29 is 9.90 Å². The number of aliphatic hydroxyl groups is 1. The molecule has 0 bridgehead atoms. The molecule has 1 atom stereocenters. The lowest BCUT2D eigenvalue weighted by Crippen LogP contribution is -2.03. The fraction of sp³-hybridized carbons (Fsp3) is 0.105. The number of hydrogen-bond acceptors (Lipinski definition) is 3. The Hall–Kier alpha value is -2.10. The Morgan fingerprint density at radius 1 is 0.909 bits per heavy atom. The van der Waals surface area contributed by atoms with Gasteiger partial charge in [-0.15, -0.1) is 0 Å². The smallest absolute Gasteiger partial charge is 0.196 e. The summed E-state index contributed by atoms with van der Waals surface area (Å²) in [4.78, 5) is 13.0. The molecule has 3 heteroatoms. The summed E-state index contributed by atoms with van der Waals surface area (Å²) in [5.41, 5.74) is 0.778. The summed E-state index contributed by atoms with van der Waals surface area (Å²) in [6, 6.07) is 23.3. The first-order valence-electron chi connectivity index (χ1n) is 7.15. The van der Waals surface area contributed by atoms with Crippen LogP contribution in [0.4, 0.5) is 0 Å². The minimum Gasteiger partial charge on any atom is -0.388 e. The molecule has 1 N–H and O–H groups in total. The third-order valence-corrected chi connectivity index (χ3v) is 4.40. The van der Waals surface area contributed by atoms with Crippen molar-refractivity contribution in [1.82, 2.24) is 0 Å². The van der Waals surface area contributed by atoms with E-state index in [0.717, 1.165) is 21.2 Å². The van der Waals surface area contributed by atoms with Crippen molar-refractivity contribution >= 4 is 27.6 Å². The van der Waals surface area contributed by atoms with Crippen molar-refractivity contribution in [2.75, 3.05) is 0 Å². The molecule has 0 heterocycles. The van der Waals surface area contributed by atoms with Crippen LogP contribution in [0.5, 0.6) is 0 Å². The first-order chi connectivity index (χ1) is 10.7. The molecule has 0 aromatic heterocycles. The maximum absolute atomic E-state index is 12.1. The minimum atomic E-state index is -0.770. The van der Waals surface area contributed by atoms with Gasteiger partial charge in [-0.3, -0.25) is 4.79 Å². The molecule has 3 aromatic carbocycles. The summed E-state index contributed by atoms with van der Waals surface area (Å²) in [5.74, 6) is 0. The lowest BCUT2D eigenvalue weighted by molar-refractivity contribution is -0.112. The van der Waals surface area contributed by atoms with Crippen LogP contribution in [0.15, 0.2) is 77.7 Å². The number of carbonyl (C=O) groups excluding carboxylic acids is 1. The Morgan fingerprint density at radius 2 is 1.59 bits per heavy atom. The number of carbonyl (C=O) groups is 1.